The van der Waals surface area contributed by atoms with Crippen LogP contribution in [-0.4, -0.2) is 18.5 Å². The van der Waals surface area contributed by atoms with Crippen LogP contribution in [0.3, 0.4) is 0 Å². The summed E-state index contributed by atoms with van der Waals surface area (Å²) < 4.78 is 0. The van der Waals surface area contributed by atoms with Crippen LogP contribution in [0.2, 0.25) is 0 Å². The van der Waals surface area contributed by atoms with Crippen LogP contribution in [-0.2, 0) is 4.79 Å². The van der Waals surface area contributed by atoms with Crippen LogP contribution >= 0.6 is 0 Å². The number of amides is 1. The van der Waals surface area contributed by atoms with Gasteiger partial charge in [-0.05, 0) is 43.7 Å². The zero-order valence-corrected chi connectivity index (χ0v) is 14.5. The molecule has 2 N–H and O–H groups in total. The summed E-state index contributed by atoms with van der Waals surface area (Å²) in [6, 6.07) is 19.1. The Morgan fingerprint density at radius 1 is 1.04 bits per heavy atom. The highest BCUT2D eigenvalue weighted by molar-refractivity contribution is 5.78. The molecule has 0 unspecified atom stereocenters. The number of aryl methyl sites for hydroxylation is 1. The van der Waals surface area contributed by atoms with Crippen molar-refractivity contribution >= 4 is 5.91 Å². The third-order valence-electron chi connectivity index (χ3n) is 4.73. The molecule has 2 aromatic rings. The second kappa shape index (κ2) is 7.63. The maximum Gasteiger partial charge on any atom is 0.234 e. The summed E-state index contributed by atoms with van der Waals surface area (Å²) in [6.45, 7) is 4.51. The van der Waals surface area contributed by atoms with Crippen LogP contribution in [0.25, 0.3) is 0 Å². The molecule has 1 aliphatic carbocycles. The van der Waals surface area contributed by atoms with Gasteiger partial charge in [-0.1, -0.05) is 60.2 Å². The molecule has 3 nitrogen and oxygen atoms in total. The number of benzene rings is 2. The van der Waals surface area contributed by atoms with Gasteiger partial charge in [0.1, 0.15) is 0 Å². The Bertz CT molecular complexity index is 662. The molecule has 1 fully saturated rings. The van der Waals surface area contributed by atoms with E-state index in [-0.39, 0.29) is 18.0 Å². The molecule has 3 rings (SSSR count). The molecule has 1 amide bonds. The number of hydrogen-bond acceptors (Lipinski definition) is 2. The molecular formula is C21H26N2O. The van der Waals surface area contributed by atoms with Gasteiger partial charge in [0.2, 0.25) is 5.91 Å². The molecule has 0 spiro atoms. The van der Waals surface area contributed by atoms with Gasteiger partial charge in [-0.3, -0.25) is 10.1 Å². The smallest absolute Gasteiger partial charge is 0.234 e. The first-order valence-corrected chi connectivity index (χ1v) is 8.78. The van der Waals surface area contributed by atoms with E-state index < -0.39 is 0 Å². The first-order valence-electron chi connectivity index (χ1n) is 8.78. The fraction of sp³-hybridized carbons (Fsp3) is 0.381. The minimum atomic E-state index is 0.0220. The standard InChI is InChI=1S/C21H26N2O/c1-15-8-10-19(11-9-15)21(18-6-4-3-5-7-18)22-14-20(24)23-16(2)17-12-13-17/h3-11,16-17,21-22H,12-14H2,1-2H3,(H,23,24)/t16-,21-/m1/s1. The van der Waals surface area contributed by atoms with Gasteiger partial charge < -0.3 is 5.32 Å². The van der Waals surface area contributed by atoms with Gasteiger partial charge in [-0.2, -0.15) is 0 Å². The topological polar surface area (TPSA) is 41.1 Å². The van der Waals surface area contributed by atoms with Crippen molar-refractivity contribution in [3.05, 3.63) is 71.3 Å². The van der Waals surface area contributed by atoms with Gasteiger partial charge in [-0.25, -0.2) is 0 Å². The van der Waals surface area contributed by atoms with Crippen molar-refractivity contribution in [3.8, 4) is 0 Å². The first kappa shape index (κ1) is 16.7. The largest absolute Gasteiger partial charge is 0.352 e. The lowest BCUT2D eigenvalue weighted by molar-refractivity contribution is -0.121. The van der Waals surface area contributed by atoms with Gasteiger partial charge in [-0.15, -0.1) is 0 Å². The Kier molecular flexibility index (Phi) is 5.31. The number of rotatable bonds is 7. The van der Waals surface area contributed by atoms with Crippen LogP contribution in [0.5, 0.6) is 0 Å². The highest BCUT2D eigenvalue weighted by atomic mass is 16.2. The van der Waals surface area contributed by atoms with Gasteiger partial charge in [0.25, 0.3) is 0 Å². The first-order chi connectivity index (χ1) is 11.6. The molecule has 0 bridgehead atoms. The summed E-state index contributed by atoms with van der Waals surface area (Å²) >= 11 is 0. The van der Waals surface area contributed by atoms with Crippen molar-refractivity contribution in [3.63, 3.8) is 0 Å². The summed E-state index contributed by atoms with van der Waals surface area (Å²) in [5.74, 6) is 0.749. The van der Waals surface area contributed by atoms with Crippen molar-refractivity contribution in [1.29, 1.82) is 0 Å². The normalized spacial score (nSPS) is 16.4. The molecule has 1 aliphatic rings. The minimum Gasteiger partial charge on any atom is -0.352 e. The molecular weight excluding hydrogens is 296 g/mol. The molecule has 1 saturated carbocycles. The summed E-state index contributed by atoms with van der Waals surface area (Å²) in [5, 5.41) is 6.53. The maximum atomic E-state index is 12.2. The summed E-state index contributed by atoms with van der Waals surface area (Å²) in [4.78, 5) is 12.2. The van der Waals surface area contributed by atoms with E-state index in [9.17, 15) is 4.79 Å². The Morgan fingerprint density at radius 2 is 1.67 bits per heavy atom. The van der Waals surface area contributed by atoms with E-state index in [1.807, 2.05) is 18.2 Å². The monoisotopic (exact) mass is 322 g/mol. The van der Waals surface area contributed by atoms with E-state index >= 15 is 0 Å². The van der Waals surface area contributed by atoms with Crippen LogP contribution in [0.1, 0.15) is 42.5 Å². The Hall–Kier alpha value is -2.13. The minimum absolute atomic E-state index is 0.0220. The van der Waals surface area contributed by atoms with Gasteiger partial charge >= 0.3 is 0 Å². The highest BCUT2D eigenvalue weighted by Gasteiger charge is 2.28. The third-order valence-corrected chi connectivity index (χ3v) is 4.73. The molecule has 24 heavy (non-hydrogen) atoms. The van der Waals surface area contributed by atoms with Gasteiger partial charge in [0.15, 0.2) is 0 Å². The van der Waals surface area contributed by atoms with Crippen molar-refractivity contribution in [2.75, 3.05) is 6.54 Å². The summed E-state index contributed by atoms with van der Waals surface area (Å²) in [7, 11) is 0. The average molecular weight is 322 g/mol. The molecule has 0 heterocycles. The molecule has 0 aliphatic heterocycles. The van der Waals surface area contributed by atoms with Crippen molar-refractivity contribution in [1.82, 2.24) is 10.6 Å². The quantitative estimate of drug-likeness (QED) is 0.818. The van der Waals surface area contributed by atoms with E-state index in [1.54, 1.807) is 0 Å². The van der Waals surface area contributed by atoms with Crippen LogP contribution in [0, 0.1) is 12.8 Å². The number of carbonyl (C=O) groups excluding carboxylic acids is 1. The van der Waals surface area contributed by atoms with E-state index in [0.717, 1.165) is 0 Å². The lowest BCUT2D eigenvalue weighted by Gasteiger charge is -2.21. The number of carbonyl (C=O) groups is 1. The number of hydrogen-bond donors (Lipinski definition) is 2. The zero-order valence-electron chi connectivity index (χ0n) is 14.5. The molecule has 2 aromatic carbocycles. The highest BCUT2D eigenvalue weighted by Crippen LogP contribution is 2.32. The van der Waals surface area contributed by atoms with E-state index in [2.05, 4.69) is 60.9 Å². The lowest BCUT2D eigenvalue weighted by Crippen LogP contribution is -2.41. The second-order valence-corrected chi connectivity index (χ2v) is 6.83. The average Bonchev–Trinajstić information content (AvgIpc) is 3.42. The van der Waals surface area contributed by atoms with Gasteiger partial charge in [0.05, 0.1) is 12.6 Å². The third kappa shape index (κ3) is 4.45. The van der Waals surface area contributed by atoms with Gasteiger partial charge in [0, 0.05) is 6.04 Å². The zero-order chi connectivity index (χ0) is 16.9. The molecule has 0 radical (unpaired) electrons. The predicted octanol–water partition coefficient (Wildman–Crippen LogP) is 3.59. The van der Waals surface area contributed by atoms with Crippen LogP contribution < -0.4 is 10.6 Å². The molecule has 126 valence electrons. The van der Waals surface area contributed by atoms with Crippen molar-refractivity contribution < 1.29 is 4.79 Å². The predicted molar refractivity (Wildman–Crippen MR) is 97.8 cm³/mol. The Labute approximate surface area is 144 Å². The fourth-order valence-corrected chi connectivity index (χ4v) is 3.05. The Morgan fingerprint density at radius 3 is 2.29 bits per heavy atom. The molecule has 2 atom stereocenters. The lowest BCUT2D eigenvalue weighted by atomic mass is 9.98. The molecule has 0 aromatic heterocycles. The molecule has 3 heteroatoms. The number of nitrogens with one attached hydrogen (secondary N) is 2. The maximum absolute atomic E-state index is 12.2. The SMILES string of the molecule is Cc1ccc([C@H](NCC(=O)N[C@H](C)C2CC2)c2ccccc2)cc1. The van der Waals surface area contributed by atoms with E-state index in [1.165, 1.54) is 29.5 Å². The molecule has 0 saturated heterocycles. The second-order valence-electron chi connectivity index (χ2n) is 6.83. The fourth-order valence-electron chi connectivity index (χ4n) is 3.05. The van der Waals surface area contributed by atoms with E-state index in [4.69, 9.17) is 0 Å². The van der Waals surface area contributed by atoms with E-state index in [0.29, 0.717) is 12.5 Å². The van der Waals surface area contributed by atoms with Crippen molar-refractivity contribution in [2.45, 2.75) is 38.8 Å². The summed E-state index contributed by atoms with van der Waals surface area (Å²) in [6.07, 6.45) is 2.48. The van der Waals surface area contributed by atoms with Crippen LogP contribution in [0.4, 0.5) is 0 Å². The summed E-state index contributed by atoms with van der Waals surface area (Å²) in [5.41, 5.74) is 3.58. The van der Waals surface area contributed by atoms with Crippen LogP contribution in [0.15, 0.2) is 54.6 Å². The van der Waals surface area contributed by atoms with Crippen molar-refractivity contribution in [2.24, 2.45) is 5.92 Å². The Balaban J connectivity index is 1.68.